The molecule has 0 heterocycles. The van der Waals surface area contributed by atoms with Crippen molar-refractivity contribution < 1.29 is 4.79 Å². The highest BCUT2D eigenvalue weighted by Gasteiger charge is 2.51. The first-order chi connectivity index (χ1) is 8.53. The quantitative estimate of drug-likeness (QED) is 0.817. The van der Waals surface area contributed by atoms with E-state index in [1.807, 2.05) is 25.1 Å². The first-order valence-corrected chi connectivity index (χ1v) is 6.78. The molecule has 18 heavy (non-hydrogen) atoms. The highest BCUT2D eigenvalue weighted by Crippen LogP contribution is 2.52. The van der Waals surface area contributed by atoms with E-state index in [4.69, 9.17) is 23.2 Å². The number of benzene rings is 1. The summed E-state index contributed by atoms with van der Waals surface area (Å²) in [5.41, 5.74) is 1.57. The van der Waals surface area contributed by atoms with Crippen molar-refractivity contribution in [2.24, 2.45) is 5.92 Å². The maximum atomic E-state index is 11.7. The normalized spacial score (nSPS) is 20.3. The summed E-state index contributed by atoms with van der Waals surface area (Å²) >= 11 is 11.9. The second-order valence-corrected chi connectivity index (χ2v) is 6.03. The van der Waals surface area contributed by atoms with E-state index in [0.29, 0.717) is 12.1 Å². The summed E-state index contributed by atoms with van der Waals surface area (Å²) < 4.78 is -0.565. The summed E-state index contributed by atoms with van der Waals surface area (Å²) in [5, 5.41) is 6.02. The van der Waals surface area contributed by atoms with Gasteiger partial charge in [0, 0.05) is 30.3 Å². The van der Waals surface area contributed by atoms with E-state index in [-0.39, 0.29) is 11.8 Å². The third kappa shape index (κ3) is 3.30. The lowest BCUT2D eigenvalue weighted by molar-refractivity contribution is 0.0956. The van der Waals surface area contributed by atoms with E-state index in [1.54, 1.807) is 6.07 Å². The van der Waals surface area contributed by atoms with Crippen LogP contribution in [0.25, 0.3) is 0 Å². The Bertz CT molecular complexity index is 448. The number of alkyl halides is 2. The van der Waals surface area contributed by atoms with Gasteiger partial charge in [-0.2, -0.15) is 0 Å². The smallest absolute Gasteiger partial charge is 0.251 e. The zero-order chi connectivity index (χ0) is 13.2. The highest BCUT2D eigenvalue weighted by molar-refractivity contribution is 6.50. The minimum Gasteiger partial charge on any atom is -0.385 e. The largest absolute Gasteiger partial charge is 0.385 e. The van der Waals surface area contributed by atoms with Crippen molar-refractivity contribution in [1.82, 2.24) is 5.32 Å². The molecule has 1 aliphatic carbocycles. The second kappa shape index (κ2) is 5.37. The molecule has 0 bridgehead atoms. The van der Waals surface area contributed by atoms with Crippen LogP contribution in [0.1, 0.15) is 23.7 Å². The summed E-state index contributed by atoms with van der Waals surface area (Å²) in [5.74, 6) is 0.227. The summed E-state index contributed by atoms with van der Waals surface area (Å²) in [6.45, 7) is 3.25. The molecule has 0 aliphatic heterocycles. The number of hydrogen-bond acceptors (Lipinski definition) is 2. The van der Waals surface area contributed by atoms with Crippen LogP contribution in [0.2, 0.25) is 0 Å². The Hall–Kier alpha value is -0.930. The second-order valence-electron chi connectivity index (χ2n) is 4.48. The molecule has 2 rings (SSSR count). The first kappa shape index (κ1) is 13.5. The van der Waals surface area contributed by atoms with Gasteiger partial charge >= 0.3 is 0 Å². The van der Waals surface area contributed by atoms with E-state index in [9.17, 15) is 4.79 Å². The molecular weight excluding hydrogens is 271 g/mol. The van der Waals surface area contributed by atoms with Crippen LogP contribution in [0.4, 0.5) is 5.69 Å². The number of halogens is 2. The van der Waals surface area contributed by atoms with Gasteiger partial charge in [-0.3, -0.25) is 4.79 Å². The monoisotopic (exact) mass is 286 g/mol. The van der Waals surface area contributed by atoms with E-state index < -0.39 is 4.33 Å². The summed E-state index contributed by atoms with van der Waals surface area (Å²) in [7, 11) is 0. The van der Waals surface area contributed by atoms with E-state index in [1.165, 1.54) is 0 Å². The SMILES string of the molecule is CCNC(=O)c1cccc(NCC2CC2(Cl)Cl)c1. The lowest BCUT2D eigenvalue weighted by Crippen LogP contribution is -2.22. The van der Waals surface area contributed by atoms with Crippen LogP contribution in [-0.2, 0) is 0 Å². The topological polar surface area (TPSA) is 41.1 Å². The van der Waals surface area contributed by atoms with Crippen molar-refractivity contribution in [3.63, 3.8) is 0 Å². The Morgan fingerprint density at radius 2 is 2.22 bits per heavy atom. The van der Waals surface area contributed by atoms with Crippen molar-refractivity contribution in [2.75, 3.05) is 18.4 Å². The average Bonchev–Trinajstić information content (AvgIpc) is 2.95. The molecule has 0 aromatic heterocycles. The van der Waals surface area contributed by atoms with Gasteiger partial charge in [0.15, 0.2) is 0 Å². The fourth-order valence-corrected chi connectivity index (χ4v) is 2.29. The molecule has 1 saturated carbocycles. The molecule has 1 unspecified atom stereocenters. The van der Waals surface area contributed by atoms with Gasteiger partial charge in [-0.05, 0) is 31.5 Å². The van der Waals surface area contributed by atoms with Crippen LogP contribution in [0.5, 0.6) is 0 Å². The lowest BCUT2D eigenvalue weighted by atomic mass is 10.2. The molecule has 1 amide bonds. The summed E-state index contributed by atoms with van der Waals surface area (Å²) in [6, 6.07) is 7.40. The molecule has 5 heteroatoms. The Kier molecular flexibility index (Phi) is 4.03. The van der Waals surface area contributed by atoms with Crippen LogP contribution in [0.3, 0.4) is 0 Å². The van der Waals surface area contributed by atoms with Crippen LogP contribution < -0.4 is 10.6 Å². The molecule has 1 fully saturated rings. The third-order valence-electron chi connectivity index (χ3n) is 2.97. The molecule has 3 nitrogen and oxygen atoms in total. The molecule has 0 saturated heterocycles. The molecule has 1 aliphatic rings. The molecule has 1 atom stereocenters. The van der Waals surface area contributed by atoms with Gasteiger partial charge < -0.3 is 10.6 Å². The van der Waals surface area contributed by atoms with Crippen LogP contribution in [-0.4, -0.2) is 23.3 Å². The minimum absolute atomic E-state index is 0.0587. The van der Waals surface area contributed by atoms with Crippen molar-refractivity contribution in [2.45, 2.75) is 17.7 Å². The molecule has 1 aromatic carbocycles. The molecule has 1 aromatic rings. The Morgan fingerprint density at radius 1 is 1.50 bits per heavy atom. The maximum Gasteiger partial charge on any atom is 0.251 e. The zero-order valence-corrected chi connectivity index (χ0v) is 11.7. The van der Waals surface area contributed by atoms with Crippen LogP contribution in [0, 0.1) is 5.92 Å². The fraction of sp³-hybridized carbons (Fsp3) is 0.462. The predicted molar refractivity (Wildman–Crippen MR) is 75.5 cm³/mol. The fourth-order valence-electron chi connectivity index (χ4n) is 1.77. The molecule has 0 radical (unpaired) electrons. The van der Waals surface area contributed by atoms with Gasteiger partial charge in [-0.15, -0.1) is 23.2 Å². The minimum atomic E-state index is -0.565. The van der Waals surface area contributed by atoms with Crippen LogP contribution >= 0.6 is 23.2 Å². The maximum absolute atomic E-state index is 11.7. The predicted octanol–water partition coefficient (Wildman–Crippen LogP) is 3.04. The number of carbonyl (C=O) groups excluding carboxylic acids is 1. The van der Waals surface area contributed by atoms with Gasteiger partial charge in [0.25, 0.3) is 5.91 Å². The molecule has 0 spiro atoms. The Balaban J connectivity index is 1.93. The average molecular weight is 287 g/mol. The van der Waals surface area contributed by atoms with Crippen molar-refractivity contribution in [3.05, 3.63) is 29.8 Å². The third-order valence-corrected chi connectivity index (χ3v) is 3.90. The number of amides is 1. The van der Waals surface area contributed by atoms with E-state index in [0.717, 1.165) is 18.7 Å². The van der Waals surface area contributed by atoms with Gasteiger partial charge in [-0.1, -0.05) is 6.07 Å². The van der Waals surface area contributed by atoms with Crippen molar-refractivity contribution in [1.29, 1.82) is 0 Å². The van der Waals surface area contributed by atoms with E-state index >= 15 is 0 Å². The number of rotatable bonds is 5. The van der Waals surface area contributed by atoms with Gasteiger partial charge in [-0.25, -0.2) is 0 Å². The van der Waals surface area contributed by atoms with Crippen molar-refractivity contribution >= 4 is 34.8 Å². The molecular formula is C13H16Cl2N2O. The molecule has 98 valence electrons. The van der Waals surface area contributed by atoms with Gasteiger partial charge in [0.1, 0.15) is 4.33 Å². The van der Waals surface area contributed by atoms with Crippen LogP contribution in [0.15, 0.2) is 24.3 Å². The summed E-state index contributed by atoms with van der Waals surface area (Å²) in [6.07, 6.45) is 0.819. The summed E-state index contributed by atoms with van der Waals surface area (Å²) in [4.78, 5) is 11.7. The number of carbonyl (C=O) groups is 1. The lowest BCUT2D eigenvalue weighted by Gasteiger charge is -2.08. The van der Waals surface area contributed by atoms with Gasteiger partial charge in [0.2, 0.25) is 0 Å². The Morgan fingerprint density at radius 3 is 2.83 bits per heavy atom. The highest BCUT2D eigenvalue weighted by atomic mass is 35.5. The zero-order valence-electron chi connectivity index (χ0n) is 10.2. The standard InChI is InChI=1S/C13H16Cl2N2O/c1-2-16-12(18)9-4-3-5-11(6-9)17-8-10-7-13(10,14)15/h3-6,10,17H,2,7-8H2,1H3,(H,16,18). The first-order valence-electron chi connectivity index (χ1n) is 6.03. The van der Waals surface area contributed by atoms with E-state index in [2.05, 4.69) is 10.6 Å². The number of anilines is 1. The Labute approximate surface area is 117 Å². The van der Waals surface area contributed by atoms with Gasteiger partial charge in [0.05, 0.1) is 0 Å². The number of hydrogen-bond donors (Lipinski definition) is 2. The molecule has 2 N–H and O–H groups in total. The van der Waals surface area contributed by atoms with Crippen molar-refractivity contribution in [3.8, 4) is 0 Å². The number of nitrogens with one attached hydrogen (secondary N) is 2.